The first-order chi connectivity index (χ1) is 10.3. The van der Waals surface area contributed by atoms with Gasteiger partial charge in [-0.05, 0) is 38.6 Å². The minimum absolute atomic E-state index is 0.646. The molecule has 1 N–H and O–H groups in total. The zero-order valence-electron chi connectivity index (χ0n) is 14.2. The van der Waals surface area contributed by atoms with Crippen LogP contribution in [0.4, 0.5) is 0 Å². The van der Waals surface area contributed by atoms with Crippen molar-refractivity contribution < 1.29 is 0 Å². The van der Waals surface area contributed by atoms with Gasteiger partial charge in [-0.15, -0.1) is 0 Å². The predicted octanol–water partition coefficient (Wildman–Crippen LogP) is 4.40. The first-order valence-corrected chi connectivity index (χ1v) is 9.11. The maximum absolute atomic E-state index is 5.02. The summed E-state index contributed by atoms with van der Waals surface area (Å²) in [5, 5.41) is 8.60. The van der Waals surface area contributed by atoms with Gasteiger partial charge in [-0.25, -0.2) is 0 Å². The lowest BCUT2D eigenvalue weighted by molar-refractivity contribution is 0.392. The maximum atomic E-state index is 5.02. The molecular weight excluding hydrogens is 258 g/mol. The normalized spacial score (nSPS) is 17.1. The van der Waals surface area contributed by atoms with Crippen LogP contribution in [0, 0.1) is 0 Å². The van der Waals surface area contributed by atoms with E-state index in [4.69, 9.17) is 5.10 Å². The molecule has 0 atom stereocenters. The second kappa shape index (κ2) is 8.57. The van der Waals surface area contributed by atoms with Gasteiger partial charge in [0.25, 0.3) is 0 Å². The highest BCUT2D eigenvalue weighted by Crippen LogP contribution is 2.30. The summed E-state index contributed by atoms with van der Waals surface area (Å²) in [6.07, 6.45) is 11.5. The van der Waals surface area contributed by atoms with Crippen molar-refractivity contribution in [1.29, 1.82) is 0 Å². The molecule has 1 saturated carbocycles. The molecule has 120 valence electrons. The molecule has 1 heterocycles. The Morgan fingerprint density at radius 1 is 1.05 bits per heavy atom. The molecule has 1 aromatic heterocycles. The van der Waals surface area contributed by atoms with Gasteiger partial charge in [0.1, 0.15) is 0 Å². The quantitative estimate of drug-likeness (QED) is 0.596. The Hall–Kier alpha value is -0.830. The summed E-state index contributed by atoms with van der Waals surface area (Å²) in [4.78, 5) is 0. The van der Waals surface area contributed by atoms with Gasteiger partial charge in [0.2, 0.25) is 0 Å². The molecule has 0 amide bonds. The molecule has 0 saturated heterocycles. The number of aromatic nitrogens is 2. The smallest absolute Gasteiger partial charge is 0.0669 e. The van der Waals surface area contributed by atoms with Gasteiger partial charge >= 0.3 is 0 Å². The molecular formula is C18H33N3. The Kier molecular flexibility index (Phi) is 6.75. The Morgan fingerprint density at radius 3 is 2.33 bits per heavy atom. The lowest BCUT2D eigenvalue weighted by atomic mass is 10.1. The lowest BCUT2D eigenvalue weighted by Crippen LogP contribution is -2.17. The van der Waals surface area contributed by atoms with Crippen molar-refractivity contribution in [2.45, 2.75) is 91.1 Å². The average Bonchev–Trinajstić information content (AvgIpc) is 2.67. The molecule has 1 aliphatic carbocycles. The highest BCUT2D eigenvalue weighted by molar-refractivity contribution is 5.27. The molecule has 1 fully saturated rings. The van der Waals surface area contributed by atoms with Crippen molar-refractivity contribution >= 4 is 0 Å². The molecule has 0 aromatic carbocycles. The fourth-order valence-electron chi connectivity index (χ4n) is 3.61. The molecule has 1 aliphatic rings. The van der Waals surface area contributed by atoms with Crippen LogP contribution in [0.15, 0.2) is 0 Å². The van der Waals surface area contributed by atoms with E-state index in [1.54, 1.807) is 0 Å². The monoisotopic (exact) mass is 291 g/mol. The van der Waals surface area contributed by atoms with Crippen molar-refractivity contribution in [3.05, 3.63) is 17.0 Å². The average molecular weight is 291 g/mol. The van der Waals surface area contributed by atoms with Crippen LogP contribution in [-0.4, -0.2) is 16.3 Å². The number of nitrogens with zero attached hydrogens (tertiary/aromatic N) is 2. The summed E-state index contributed by atoms with van der Waals surface area (Å²) in [5.41, 5.74) is 4.29. The zero-order chi connectivity index (χ0) is 15.1. The maximum Gasteiger partial charge on any atom is 0.0669 e. The summed E-state index contributed by atoms with van der Waals surface area (Å²) in [6, 6.07) is 0.646. The molecule has 0 radical (unpaired) electrons. The number of aryl methyl sites for hydroxylation is 1. The molecule has 3 heteroatoms. The Labute approximate surface area is 130 Å². The van der Waals surface area contributed by atoms with Crippen molar-refractivity contribution in [1.82, 2.24) is 15.1 Å². The summed E-state index contributed by atoms with van der Waals surface area (Å²) in [7, 11) is 0. The molecule has 21 heavy (non-hydrogen) atoms. The number of hydrogen-bond acceptors (Lipinski definition) is 2. The van der Waals surface area contributed by atoms with Crippen LogP contribution in [0.3, 0.4) is 0 Å². The highest BCUT2D eigenvalue weighted by Gasteiger charge is 2.21. The van der Waals surface area contributed by atoms with Crippen LogP contribution in [0.25, 0.3) is 0 Å². The van der Waals surface area contributed by atoms with E-state index in [0.717, 1.165) is 25.9 Å². The first-order valence-electron chi connectivity index (χ1n) is 9.11. The van der Waals surface area contributed by atoms with Crippen molar-refractivity contribution in [2.24, 2.45) is 0 Å². The fraction of sp³-hybridized carbons (Fsp3) is 0.833. The first kappa shape index (κ1) is 16.5. The fourth-order valence-corrected chi connectivity index (χ4v) is 3.61. The minimum atomic E-state index is 0.646. The second-order valence-corrected chi connectivity index (χ2v) is 6.35. The van der Waals surface area contributed by atoms with Gasteiger partial charge in [-0.1, -0.05) is 46.5 Å². The van der Waals surface area contributed by atoms with Crippen LogP contribution in [0.2, 0.25) is 0 Å². The van der Waals surface area contributed by atoms with Crippen molar-refractivity contribution in [3.63, 3.8) is 0 Å². The number of hydrogen-bond donors (Lipinski definition) is 1. The van der Waals surface area contributed by atoms with Gasteiger partial charge in [0.05, 0.1) is 11.7 Å². The van der Waals surface area contributed by atoms with Gasteiger partial charge in [-0.2, -0.15) is 5.10 Å². The topological polar surface area (TPSA) is 29.9 Å². The Balaban J connectivity index is 2.23. The minimum Gasteiger partial charge on any atom is -0.313 e. The molecule has 0 unspecified atom stereocenters. The SMILES string of the molecule is CCCNCc1c(CC)nn(C2CCCCCC2)c1CC. The molecule has 0 bridgehead atoms. The largest absolute Gasteiger partial charge is 0.313 e. The van der Waals surface area contributed by atoms with Crippen molar-refractivity contribution in [2.75, 3.05) is 6.54 Å². The molecule has 0 spiro atoms. The van der Waals surface area contributed by atoms with Crippen LogP contribution in [0.1, 0.15) is 88.7 Å². The van der Waals surface area contributed by atoms with Crippen LogP contribution < -0.4 is 5.32 Å². The summed E-state index contributed by atoms with van der Waals surface area (Å²) >= 11 is 0. The standard InChI is InChI=1S/C18H33N3/c1-4-13-19-14-16-17(5-2)20-21(18(16)6-3)15-11-9-7-8-10-12-15/h15,19H,4-14H2,1-3H3. The van der Waals surface area contributed by atoms with Gasteiger partial charge < -0.3 is 5.32 Å². The Morgan fingerprint density at radius 2 is 1.76 bits per heavy atom. The number of nitrogens with one attached hydrogen (secondary N) is 1. The third-order valence-corrected chi connectivity index (χ3v) is 4.77. The molecule has 3 nitrogen and oxygen atoms in total. The highest BCUT2D eigenvalue weighted by atomic mass is 15.3. The zero-order valence-corrected chi connectivity index (χ0v) is 14.2. The number of rotatable bonds is 7. The summed E-state index contributed by atoms with van der Waals surface area (Å²) in [5.74, 6) is 0. The van der Waals surface area contributed by atoms with Crippen LogP contribution in [0.5, 0.6) is 0 Å². The van der Waals surface area contributed by atoms with Crippen LogP contribution >= 0.6 is 0 Å². The van der Waals surface area contributed by atoms with Crippen LogP contribution in [-0.2, 0) is 19.4 Å². The third-order valence-electron chi connectivity index (χ3n) is 4.77. The third kappa shape index (κ3) is 4.09. The predicted molar refractivity (Wildman–Crippen MR) is 89.7 cm³/mol. The van der Waals surface area contributed by atoms with E-state index in [1.807, 2.05) is 0 Å². The van der Waals surface area contributed by atoms with E-state index < -0.39 is 0 Å². The summed E-state index contributed by atoms with van der Waals surface area (Å²) < 4.78 is 2.41. The van der Waals surface area contributed by atoms with E-state index in [2.05, 4.69) is 30.8 Å². The van der Waals surface area contributed by atoms with E-state index >= 15 is 0 Å². The lowest BCUT2D eigenvalue weighted by Gasteiger charge is -2.18. The Bertz CT molecular complexity index is 414. The molecule has 2 rings (SSSR count). The van der Waals surface area contributed by atoms with E-state index in [-0.39, 0.29) is 0 Å². The van der Waals surface area contributed by atoms with Gasteiger partial charge in [0, 0.05) is 17.8 Å². The van der Waals surface area contributed by atoms with Crippen molar-refractivity contribution in [3.8, 4) is 0 Å². The van der Waals surface area contributed by atoms with E-state index in [1.165, 1.54) is 61.9 Å². The molecule has 0 aliphatic heterocycles. The van der Waals surface area contributed by atoms with Gasteiger partial charge in [0.15, 0.2) is 0 Å². The van der Waals surface area contributed by atoms with Gasteiger partial charge in [-0.3, -0.25) is 4.68 Å². The molecule has 1 aromatic rings. The van der Waals surface area contributed by atoms with E-state index in [9.17, 15) is 0 Å². The second-order valence-electron chi connectivity index (χ2n) is 6.35. The van der Waals surface area contributed by atoms with E-state index in [0.29, 0.717) is 6.04 Å². The summed E-state index contributed by atoms with van der Waals surface area (Å²) in [6.45, 7) is 8.84.